The van der Waals surface area contributed by atoms with Crippen LogP contribution in [0.25, 0.3) is 0 Å². The molecule has 0 saturated heterocycles. The van der Waals surface area contributed by atoms with Gasteiger partial charge in [0.15, 0.2) is 0 Å². The molecule has 0 spiro atoms. The first-order chi connectivity index (χ1) is 7.53. The van der Waals surface area contributed by atoms with Crippen molar-refractivity contribution in [3.05, 3.63) is 47.2 Å². The molecular formula is C12H15NO2S. The van der Waals surface area contributed by atoms with Crippen LogP contribution in [-0.2, 0) is 5.54 Å². The fourth-order valence-corrected chi connectivity index (χ4v) is 2.49. The normalized spacial score (nSPS) is 11.1. The van der Waals surface area contributed by atoms with Crippen molar-refractivity contribution in [2.75, 3.05) is 0 Å². The fourth-order valence-electron chi connectivity index (χ4n) is 1.52. The molecular weight excluding hydrogens is 222 g/mol. The lowest BCUT2D eigenvalue weighted by molar-refractivity contribution is 0.0702. The lowest BCUT2D eigenvalue weighted by Gasteiger charge is -2.25. The van der Waals surface area contributed by atoms with Crippen LogP contribution < -0.4 is 5.73 Å². The highest BCUT2D eigenvalue weighted by atomic mass is 32.1. The summed E-state index contributed by atoms with van der Waals surface area (Å²) in [5.41, 5.74) is 5.65. The van der Waals surface area contributed by atoms with Gasteiger partial charge in [0.05, 0.1) is 5.54 Å². The maximum atomic E-state index is 10.8. The number of hydrogen-bond acceptors (Lipinski definition) is 3. The van der Waals surface area contributed by atoms with Crippen molar-refractivity contribution in [3.63, 3.8) is 0 Å². The van der Waals surface area contributed by atoms with Crippen LogP contribution in [0.2, 0.25) is 0 Å². The third-order valence-electron chi connectivity index (χ3n) is 2.32. The second-order valence-corrected chi connectivity index (χ2v) is 4.69. The summed E-state index contributed by atoms with van der Waals surface area (Å²) in [6, 6.07) is 3.34. The van der Waals surface area contributed by atoms with Crippen molar-refractivity contribution in [3.8, 4) is 0 Å². The van der Waals surface area contributed by atoms with Gasteiger partial charge in [-0.3, -0.25) is 0 Å². The van der Waals surface area contributed by atoms with Crippen LogP contribution in [0, 0.1) is 0 Å². The number of carboxylic acid groups (broad SMARTS) is 1. The molecule has 3 N–H and O–H groups in total. The number of aromatic carboxylic acids is 1. The van der Waals surface area contributed by atoms with Gasteiger partial charge in [0, 0.05) is 4.88 Å². The number of thiophene rings is 1. The lowest BCUT2D eigenvalue weighted by atomic mass is 9.91. The molecule has 0 amide bonds. The van der Waals surface area contributed by atoms with Crippen LogP contribution in [0.5, 0.6) is 0 Å². The minimum absolute atomic E-state index is 0.304. The summed E-state index contributed by atoms with van der Waals surface area (Å²) in [6.45, 7) is 7.34. The molecule has 0 radical (unpaired) electrons. The average molecular weight is 237 g/mol. The van der Waals surface area contributed by atoms with E-state index in [9.17, 15) is 4.79 Å². The standard InChI is InChI=1S/C12H15NO2S/c1-3-7-12(13,8-4-2)10-6-5-9(16-10)11(14)15/h3-6H,1-2,7-8,13H2,(H,14,15). The van der Waals surface area contributed by atoms with E-state index >= 15 is 0 Å². The van der Waals surface area contributed by atoms with Crippen LogP contribution >= 0.6 is 11.3 Å². The summed E-state index contributed by atoms with van der Waals surface area (Å²) >= 11 is 1.21. The molecule has 1 aromatic heterocycles. The first kappa shape index (κ1) is 12.7. The smallest absolute Gasteiger partial charge is 0.345 e. The largest absolute Gasteiger partial charge is 0.477 e. The Morgan fingerprint density at radius 2 is 2.00 bits per heavy atom. The quantitative estimate of drug-likeness (QED) is 0.748. The fraction of sp³-hybridized carbons (Fsp3) is 0.250. The van der Waals surface area contributed by atoms with Gasteiger partial charge in [0.2, 0.25) is 0 Å². The molecule has 0 bridgehead atoms. The van der Waals surface area contributed by atoms with Crippen LogP contribution in [0.4, 0.5) is 0 Å². The molecule has 0 atom stereocenters. The van der Waals surface area contributed by atoms with Gasteiger partial charge < -0.3 is 10.8 Å². The molecule has 0 aliphatic heterocycles. The number of rotatable bonds is 6. The summed E-state index contributed by atoms with van der Waals surface area (Å²) in [7, 11) is 0. The number of carboxylic acids is 1. The Balaban J connectivity index is 3.05. The molecule has 1 aromatic rings. The van der Waals surface area contributed by atoms with Gasteiger partial charge >= 0.3 is 5.97 Å². The van der Waals surface area contributed by atoms with Crippen LogP contribution in [-0.4, -0.2) is 11.1 Å². The molecule has 0 fully saturated rings. The Morgan fingerprint density at radius 3 is 2.38 bits per heavy atom. The summed E-state index contributed by atoms with van der Waals surface area (Å²) in [5.74, 6) is -0.921. The topological polar surface area (TPSA) is 63.3 Å². The van der Waals surface area contributed by atoms with E-state index in [1.807, 2.05) is 0 Å². The van der Waals surface area contributed by atoms with Crippen molar-refractivity contribution in [1.82, 2.24) is 0 Å². The Bertz CT molecular complexity index is 399. The predicted octanol–water partition coefficient (Wildman–Crippen LogP) is 2.75. The van der Waals surface area contributed by atoms with Gasteiger partial charge in [-0.05, 0) is 25.0 Å². The van der Waals surface area contributed by atoms with Gasteiger partial charge in [0.25, 0.3) is 0 Å². The molecule has 3 nitrogen and oxygen atoms in total. The molecule has 0 aliphatic carbocycles. The zero-order valence-electron chi connectivity index (χ0n) is 8.98. The molecule has 0 aliphatic rings. The van der Waals surface area contributed by atoms with E-state index in [1.165, 1.54) is 11.3 Å². The van der Waals surface area contributed by atoms with Crippen molar-refractivity contribution < 1.29 is 9.90 Å². The van der Waals surface area contributed by atoms with Crippen molar-refractivity contribution in [1.29, 1.82) is 0 Å². The van der Waals surface area contributed by atoms with Crippen molar-refractivity contribution in [2.24, 2.45) is 5.73 Å². The van der Waals surface area contributed by atoms with E-state index in [0.717, 1.165) is 4.88 Å². The summed E-state index contributed by atoms with van der Waals surface area (Å²) in [6.07, 6.45) is 4.67. The van der Waals surface area contributed by atoms with E-state index in [2.05, 4.69) is 13.2 Å². The number of nitrogens with two attached hydrogens (primary N) is 1. The van der Waals surface area contributed by atoms with Gasteiger partial charge in [-0.2, -0.15) is 0 Å². The summed E-state index contributed by atoms with van der Waals surface area (Å²) < 4.78 is 0. The summed E-state index contributed by atoms with van der Waals surface area (Å²) in [4.78, 5) is 11.9. The Kier molecular flexibility index (Phi) is 4.04. The average Bonchev–Trinajstić information content (AvgIpc) is 2.67. The molecule has 1 rings (SSSR count). The van der Waals surface area contributed by atoms with E-state index in [0.29, 0.717) is 17.7 Å². The molecule has 0 saturated carbocycles. The molecule has 0 unspecified atom stereocenters. The Morgan fingerprint density at radius 1 is 1.44 bits per heavy atom. The van der Waals surface area contributed by atoms with Crippen LogP contribution in [0.15, 0.2) is 37.4 Å². The zero-order valence-corrected chi connectivity index (χ0v) is 9.80. The maximum Gasteiger partial charge on any atom is 0.345 e. The van der Waals surface area contributed by atoms with Crippen LogP contribution in [0.1, 0.15) is 27.4 Å². The number of carbonyl (C=O) groups is 1. The highest BCUT2D eigenvalue weighted by molar-refractivity contribution is 7.14. The van der Waals surface area contributed by atoms with Gasteiger partial charge in [-0.1, -0.05) is 12.2 Å². The van der Waals surface area contributed by atoms with Gasteiger partial charge in [-0.15, -0.1) is 24.5 Å². The van der Waals surface area contributed by atoms with E-state index in [-0.39, 0.29) is 0 Å². The maximum absolute atomic E-state index is 10.8. The SMILES string of the molecule is C=CCC(N)(CC=C)c1ccc(C(=O)O)s1. The monoisotopic (exact) mass is 237 g/mol. The summed E-state index contributed by atoms with van der Waals surface area (Å²) in [5, 5.41) is 8.85. The van der Waals surface area contributed by atoms with E-state index in [4.69, 9.17) is 10.8 Å². The highest BCUT2D eigenvalue weighted by Crippen LogP contribution is 2.32. The number of hydrogen-bond donors (Lipinski definition) is 2. The first-order valence-corrected chi connectivity index (χ1v) is 5.69. The molecule has 4 heteroatoms. The third-order valence-corrected chi connectivity index (χ3v) is 3.62. The Labute approximate surface area is 98.9 Å². The van der Waals surface area contributed by atoms with Crippen LogP contribution in [0.3, 0.4) is 0 Å². The van der Waals surface area contributed by atoms with E-state index in [1.54, 1.807) is 24.3 Å². The molecule has 16 heavy (non-hydrogen) atoms. The molecule has 0 aromatic carbocycles. The van der Waals surface area contributed by atoms with Gasteiger partial charge in [-0.25, -0.2) is 4.79 Å². The Hall–Kier alpha value is -1.39. The van der Waals surface area contributed by atoms with Gasteiger partial charge in [0.1, 0.15) is 4.88 Å². The second kappa shape index (κ2) is 5.09. The minimum atomic E-state index is -0.921. The third kappa shape index (κ3) is 2.59. The molecule has 86 valence electrons. The van der Waals surface area contributed by atoms with Crippen molar-refractivity contribution in [2.45, 2.75) is 18.4 Å². The molecule has 1 heterocycles. The zero-order chi connectivity index (χ0) is 12.2. The highest BCUT2D eigenvalue weighted by Gasteiger charge is 2.27. The lowest BCUT2D eigenvalue weighted by Crippen LogP contribution is -2.34. The van der Waals surface area contributed by atoms with E-state index < -0.39 is 11.5 Å². The predicted molar refractivity (Wildman–Crippen MR) is 66.8 cm³/mol. The minimum Gasteiger partial charge on any atom is -0.477 e. The second-order valence-electron chi connectivity index (χ2n) is 3.61. The first-order valence-electron chi connectivity index (χ1n) is 4.88. The van der Waals surface area contributed by atoms with Crippen molar-refractivity contribution >= 4 is 17.3 Å².